The Morgan fingerprint density at radius 1 is 1.25 bits per heavy atom. The lowest BCUT2D eigenvalue weighted by molar-refractivity contribution is 0.0952. The maximum atomic E-state index is 12.1. The molecule has 0 aliphatic rings. The Balaban J connectivity index is 2.05. The van der Waals surface area contributed by atoms with Gasteiger partial charge in [0.2, 0.25) is 0 Å². The zero-order chi connectivity index (χ0) is 17.5. The predicted octanol–water partition coefficient (Wildman–Crippen LogP) is 2.95. The van der Waals surface area contributed by atoms with Crippen LogP contribution < -0.4 is 14.9 Å². The summed E-state index contributed by atoms with van der Waals surface area (Å²) in [5, 5.41) is 13.8. The van der Waals surface area contributed by atoms with Crippen molar-refractivity contribution >= 4 is 12.1 Å². The van der Waals surface area contributed by atoms with E-state index >= 15 is 0 Å². The second-order valence-corrected chi connectivity index (χ2v) is 5.29. The summed E-state index contributed by atoms with van der Waals surface area (Å²) in [6, 6.07) is 11.7. The van der Waals surface area contributed by atoms with Gasteiger partial charge in [0.25, 0.3) is 5.91 Å². The van der Waals surface area contributed by atoms with Gasteiger partial charge in [0, 0.05) is 11.6 Å². The van der Waals surface area contributed by atoms with E-state index in [2.05, 4.69) is 10.5 Å². The summed E-state index contributed by atoms with van der Waals surface area (Å²) >= 11 is 0. The quantitative estimate of drug-likeness (QED) is 0.631. The van der Waals surface area contributed by atoms with E-state index < -0.39 is 5.91 Å². The third-order valence-electron chi connectivity index (χ3n) is 3.10. The first-order valence-electron chi connectivity index (χ1n) is 7.47. The minimum absolute atomic E-state index is 0.0171. The summed E-state index contributed by atoms with van der Waals surface area (Å²) in [4.78, 5) is 12.1. The minimum atomic E-state index is -0.400. The summed E-state index contributed by atoms with van der Waals surface area (Å²) in [5.74, 6) is 0.646. The number of ether oxygens (including phenoxy) is 2. The molecule has 0 saturated carbocycles. The average Bonchev–Trinajstić information content (AvgIpc) is 2.56. The van der Waals surface area contributed by atoms with Gasteiger partial charge < -0.3 is 14.6 Å². The molecule has 0 spiro atoms. The van der Waals surface area contributed by atoms with E-state index in [9.17, 15) is 9.90 Å². The third kappa shape index (κ3) is 4.49. The number of hydrazone groups is 1. The molecule has 2 aromatic rings. The van der Waals surface area contributed by atoms with Crippen LogP contribution in [0.2, 0.25) is 0 Å². The van der Waals surface area contributed by atoms with Crippen molar-refractivity contribution in [3.63, 3.8) is 0 Å². The number of methoxy groups -OCH3 is 1. The van der Waals surface area contributed by atoms with Crippen LogP contribution in [0.4, 0.5) is 0 Å². The first kappa shape index (κ1) is 17.3. The molecule has 0 unspecified atom stereocenters. The lowest BCUT2D eigenvalue weighted by Crippen LogP contribution is -2.18. The number of hydrogen-bond acceptors (Lipinski definition) is 5. The van der Waals surface area contributed by atoms with Crippen molar-refractivity contribution in [2.24, 2.45) is 5.10 Å². The molecular weight excluding hydrogens is 308 g/mol. The number of nitrogens with one attached hydrogen (secondary N) is 1. The van der Waals surface area contributed by atoms with Crippen molar-refractivity contribution in [1.82, 2.24) is 5.43 Å². The maximum Gasteiger partial charge on any atom is 0.275 e. The topological polar surface area (TPSA) is 80.2 Å². The molecule has 2 aromatic carbocycles. The van der Waals surface area contributed by atoms with Gasteiger partial charge in [-0.3, -0.25) is 4.79 Å². The van der Waals surface area contributed by atoms with Gasteiger partial charge >= 0.3 is 0 Å². The number of para-hydroxylation sites is 1. The van der Waals surface area contributed by atoms with Crippen molar-refractivity contribution in [3.8, 4) is 17.2 Å². The first-order chi connectivity index (χ1) is 11.5. The number of hydrogen-bond donors (Lipinski definition) is 2. The molecule has 0 fully saturated rings. The first-order valence-corrected chi connectivity index (χ1v) is 7.47. The Bertz CT molecular complexity index is 742. The average molecular weight is 328 g/mol. The van der Waals surface area contributed by atoms with Gasteiger partial charge in [-0.1, -0.05) is 12.1 Å². The van der Waals surface area contributed by atoms with Gasteiger partial charge in [-0.25, -0.2) is 5.43 Å². The number of carbonyl (C=O) groups excluding carboxylic acids is 1. The maximum absolute atomic E-state index is 12.1. The van der Waals surface area contributed by atoms with Gasteiger partial charge in [-0.15, -0.1) is 0 Å². The fraction of sp³-hybridized carbons (Fsp3) is 0.222. The highest BCUT2D eigenvalue weighted by atomic mass is 16.5. The Morgan fingerprint density at radius 2 is 2.00 bits per heavy atom. The highest BCUT2D eigenvalue weighted by Crippen LogP contribution is 2.23. The zero-order valence-corrected chi connectivity index (χ0v) is 13.8. The molecule has 0 bridgehead atoms. The van der Waals surface area contributed by atoms with Crippen LogP contribution in [-0.4, -0.2) is 30.4 Å². The van der Waals surface area contributed by atoms with Crippen LogP contribution in [0.15, 0.2) is 47.6 Å². The van der Waals surface area contributed by atoms with Crippen LogP contribution in [0.25, 0.3) is 0 Å². The van der Waals surface area contributed by atoms with Gasteiger partial charge in [0.1, 0.15) is 17.2 Å². The third-order valence-corrected chi connectivity index (χ3v) is 3.10. The zero-order valence-electron chi connectivity index (χ0n) is 13.8. The Kier molecular flexibility index (Phi) is 5.78. The molecule has 0 atom stereocenters. The normalized spacial score (nSPS) is 10.8. The second-order valence-electron chi connectivity index (χ2n) is 5.29. The minimum Gasteiger partial charge on any atom is -0.507 e. The van der Waals surface area contributed by atoms with Crippen molar-refractivity contribution in [2.45, 2.75) is 20.0 Å². The number of benzene rings is 2. The smallest absolute Gasteiger partial charge is 0.275 e. The largest absolute Gasteiger partial charge is 0.507 e. The highest BCUT2D eigenvalue weighted by Gasteiger charge is 2.10. The van der Waals surface area contributed by atoms with Crippen molar-refractivity contribution in [1.29, 1.82) is 0 Å². The Labute approximate surface area is 140 Å². The molecule has 0 saturated heterocycles. The standard InChI is InChI=1S/C18H20N2O4/c1-12(2)24-14-9-8-13(16(21)10-14)11-19-20-18(22)15-6-4-5-7-17(15)23-3/h4-12,21H,1-3H3,(H,20,22)/b19-11-. The number of rotatable bonds is 6. The summed E-state index contributed by atoms with van der Waals surface area (Å²) in [6.45, 7) is 3.81. The van der Waals surface area contributed by atoms with Crippen LogP contribution >= 0.6 is 0 Å². The molecule has 0 aliphatic heterocycles. The van der Waals surface area contributed by atoms with E-state index in [1.165, 1.54) is 19.4 Å². The number of phenolic OH excluding ortho intramolecular Hbond substituents is 1. The summed E-state index contributed by atoms with van der Waals surface area (Å²) in [5.41, 5.74) is 3.25. The van der Waals surface area contributed by atoms with E-state index in [-0.39, 0.29) is 11.9 Å². The van der Waals surface area contributed by atoms with E-state index in [0.29, 0.717) is 22.6 Å². The van der Waals surface area contributed by atoms with Crippen molar-refractivity contribution in [3.05, 3.63) is 53.6 Å². The fourth-order valence-corrected chi connectivity index (χ4v) is 2.03. The lowest BCUT2D eigenvalue weighted by atomic mass is 10.2. The molecule has 6 nitrogen and oxygen atoms in total. The van der Waals surface area contributed by atoms with E-state index in [4.69, 9.17) is 9.47 Å². The molecule has 126 valence electrons. The number of carbonyl (C=O) groups is 1. The Morgan fingerprint density at radius 3 is 2.67 bits per heavy atom. The van der Waals surface area contributed by atoms with E-state index in [1.807, 2.05) is 13.8 Å². The molecule has 24 heavy (non-hydrogen) atoms. The van der Waals surface area contributed by atoms with Crippen LogP contribution in [0.5, 0.6) is 17.2 Å². The SMILES string of the molecule is COc1ccccc1C(=O)N/N=C\c1ccc(OC(C)C)cc1O. The molecule has 2 N–H and O–H groups in total. The van der Waals surface area contributed by atoms with Crippen molar-refractivity contribution in [2.75, 3.05) is 7.11 Å². The summed E-state index contributed by atoms with van der Waals surface area (Å²) in [6.07, 6.45) is 1.38. The van der Waals surface area contributed by atoms with E-state index in [1.54, 1.807) is 36.4 Å². The van der Waals surface area contributed by atoms with E-state index in [0.717, 1.165) is 0 Å². The monoisotopic (exact) mass is 328 g/mol. The number of aromatic hydroxyl groups is 1. The van der Waals surface area contributed by atoms with Crippen LogP contribution in [0.1, 0.15) is 29.8 Å². The van der Waals surface area contributed by atoms with Crippen molar-refractivity contribution < 1.29 is 19.4 Å². The molecule has 0 radical (unpaired) electrons. The molecular formula is C18H20N2O4. The fourth-order valence-electron chi connectivity index (χ4n) is 2.03. The number of amides is 1. The van der Waals surface area contributed by atoms with Crippen LogP contribution in [0.3, 0.4) is 0 Å². The highest BCUT2D eigenvalue weighted by molar-refractivity contribution is 5.97. The molecule has 2 rings (SSSR count). The number of phenols is 1. The molecule has 6 heteroatoms. The molecule has 0 aromatic heterocycles. The van der Waals surface area contributed by atoms with Gasteiger partial charge in [-0.2, -0.15) is 5.10 Å². The second kappa shape index (κ2) is 8.01. The van der Waals surface area contributed by atoms with Gasteiger partial charge in [0.15, 0.2) is 0 Å². The summed E-state index contributed by atoms with van der Waals surface area (Å²) < 4.78 is 10.6. The van der Waals surface area contributed by atoms with Crippen LogP contribution in [-0.2, 0) is 0 Å². The molecule has 0 aliphatic carbocycles. The Hall–Kier alpha value is -3.02. The van der Waals surface area contributed by atoms with Gasteiger partial charge in [0.05, 0.1) is 25.0 Å². The van der Waals surface area contributed by atoms with Crippen LogP contribution in [0, 0.1) is 0 Å². The lowest BCUT2D eigenvalue weighted by Gasteiger charge is -2.10. The summed E-state index contributed by atoms with van der Waals surface area (Å²) in [7, 11) is 1.49. The number of nitrogens with zero attached hydrogens (tertiary/aromatic N) is 1. The molecule has 0 heterocycles. The molecule has 1 amide bonds. The van der Waals surface area contributed by atoms with Gasteiger partial charge in [-0.05, 0) is 38.1 Å². The predicted molar refractivity (Wildman–Crippen MR) is 91.9 cm³/mol.